The molecule has 0 spiro atoms. The summed E-state index contributed by atoms with van der Waals surface area (Å²) in [6.45, 7) is 0.198. The monoisotopic (exact) mass is 140 g/mol. The van der Waals surface area contributed by atoms with Crippen molar-refractivity contribution in [3.63, 3.8) is 0 Å². The van der Waals surface area contributed by atoms with Crippen LogP contribution in [0.15, 0.2) is 21.3 Å². The van der Waals surface area contributed by atoms with Crippen LogP contribution in [0.5, 0.6) is 5.95 Å². The Morgan fingerprint density at radius 3 is 3.10 bits per heavy atom. The predicted molar refractivity (Wildman–Crippen MR) is 30.4 cm³/mol. The molecule has 0 atom stereocenters. The van der Waals surface area contributed by atoms with Crippen molar-refractivity contribution in [2.45, 2.75) is 6.61 Å². The van der Waals surface area contributed by atoms with Crippen molar-refractivity contribution < 1.29 is 14.2 Å². The van der Waals surface area contributed by atoms with Crippen LogP contribution in [0.4, 0.5) is 0 Å². The Morgan fingerprint density at radius 1 is 1.40 bits per heavy atom. The highest BCUT2D eigenvalue weighted by Crippen LogP contribution is 2.16. The quantitative estimate of drug-likeness (QED) is 0.491. The van der Waals surface area contributed by atoms with Crippen molar-refractivity contribution >= 4 is 0 Å². The third-order valence-corrected chi connectivity index (χ3v) is 1.14. The van der Waals surface area contributed by atoms with Gasteiger partial charge in [-0.25, -0.2) is 0 Å². The maximum atomic E-state index is 10.7. The average Bonchev–Trinajstić information content (AvgIpc) is 1.85. The van der Waals surface area contributed by atoms with Crippen LogP contribution in [0.1, 0.15) is 5.76 Å². The van der Waals surface area contributed by atoms with E-state index in [2.05, 4.69) is 9.78 Å². The second-order valence-electron chi connectivity index (χ2n) is 1.92. The van der Waals surface area contributed by atoms with Crippen molar-refractivity contribution in [1.82, 2.24) is 0 Å². The van der Waals surface area contributed by atoms with Crippen LogP contribution in [0.3, 0.4) is 0 Å². The highest BCUT2D eigenvalue weighted by atomic mass is 17.2. The van der Waals surface area contributed by atoms with E-state index in [-0.39, 0.29) is 18.0 Å². The number of fused-ring (bicyclic) bond motifs is 2. The zero-order chi connectivity index (χ0) is 6.97. The lowest BCUT2D eigenvalue weighted by Crippen LogP contribution is -2.09. The van der Waals surface area contributed by atoms with Crippen LogP contribution < -0.4 is 10.3 Å². The van der Waals surface area contributed by atoms with Gasteiger partial charge in [0.1, 0.15) is 5.76 Å². The zero-order valence-corrected chi connectivity index (χ0v) is 4.99. The van der Waals surface area contributed by atoms with Gasteiger partial charge in [-0.15, -0.1) is 0 Å². The van der Waals surface area contributed by atoms with E-state index in [1.807, 2.05) is 0 Å². The lowest BCUT2D eigenvalue weighted by atomic mass is 10.4. The Bertz CT molecular complexity index is 276. The summed E-state index contributed by atoms with van der Waals surface area (Å²) in [7, 11) is 0. The molecule has 10 heavy (non-hydrogen) atoms. The maximum absolute atomic E-state index is 10.7. The number of hydrogen-bond donors (Lipinski definition) is 0. The van der Waals surface area contributed by atoms with E-state index >= 15 is 0 Å². The molecule has 0 unspecified atom stereocenters. The van der Waals surface area contributed by atoms with E-state index in [1.54, 1.807) is 0 Å². The lowest BCUT2D eigenvalue weighted by molar-refractivity contribution is -0.251. The molecule has 0 saturated heterocycles. The summed E-state index contributed by atoms with van der Waals surface area (Å²) in [5.74, 6) is 0.613. The van der Waals surface area contributed by atoms with Crippen molar-refractivity contribution in [3.8, 4) is 5.95 Å². The molecule has 4 heteroatoms. The average molecular weight is 140 g/mol. The van der Waals surface area contributed by atoms with E-state index in [9.17, 15) is 4.79 Å². The van der Waals surface area contributed by atoms with Gasteiger partial charge in [-0.1, -0.05) is 0 Å². The molecule has 0 N–H and O–H groups in total. The van der Waals surface area contributed by atoms with Crippen LogP contribution in [0.25, 0.3) is 0 Å². The third-order valence-electron chi connectivity index (χ3n) is 1.14. The van der Waals surface area contributed by atoms with Crippen LogP contribution in [0.2, 0.25) is 0 Å². The minimum atomic E-state index is -0.125. The van der Waals surface area contributed by atoms with E-state index in [0.717, 1.165) is 0 Å². The summed E-state index contributed by atoms with van der Waals surface area (Å²) in [5.41, 5.74) is -0.125. The fourth-order valence-electron chi connectivity index (χ4n) is 0.762. The van der Waals surface area contributed by atoms with Crippen LogP contribution >= 0.6 is 0 Å². The van der Waals surface area contributed by atoms with Crippen molar-refractivity contribution in [2.75, 3.05) is 0 Å². The second kappa shape index (κ2) is 1.85. The molecule has 1 aromatic rings. The maximum Gasteiger partial charge on any atom is 0.326 e. The Labute approximate surface area is 55.9 Å². The molecule has 0 fully saturated rings. The Balaban J connectivity index is 2.65. The first kappa shape index (κ1) is 5.49. The first-order valence-electron chi connectivity index (χ1n) is 2.78. The van der Waals surface area contributed by atoms with Gasteiger partial charge >= 0.3 is 5.95 Å². The lowest BCUT2D eigenvalue weighted by Gasteiger charge is -2.08. The molecule has 2 heterocycles. The topological polar surface area (TPSA) is 48.7 Å². The molecule has 1 aromatic heterocycles. The van der Waals surface area contributed by atoms with Crippen LogP contribution in [-0.2, 0) is 11.5 Å². The van der Waals surface area contributed by atoms with Crippen LogP contribution in [0, 0.1) is 0 Å². The molecular weight excluding hydrogens is 136 g/mol. The van der Waals surface area contributed by atoms with E-state index in [4.69, 9.17) is 4.42 Å². The van der Waals surface area contributed by atoms with E-state index < -0.39 is 0 Å². The number of hydrogen-bond acceptors (Lipinski definition) is 4. The zero-order valence-electron chi connectivity index (χ0n) is 4.99. The van der Waals surface area contributed by atoms with Gasteiger partial charge in [0.15, 0.2) is 12.0 Å². The minimum absolute atomic E-state index is 0.119. The molecule has 0 aliphatic carbocycles. The summed E-state index contributed by atoms with van der Waals surface area (Å²) in [4.78, 5) is 19.8. The Kier molecular flexibility index (Phi) is 1.01. The minimum Gasteiger partial charge on any atom is -0.426 e. The van der Waals surface area contributed by atoms with Gasteiger partial charge in [-0.05, 0) is 0 Å². The molecule has 4 nitrogen and oxygen atoms in total. The molecule has 0 aromatic carbocycles. The highest BCUT2D eigenvalue weighted by Gasteiger charge is 2.10. The molecule has 0 radical (unpaired) electrons. The first-order valence-corrected chi connectivity index (χ1v) is 2.78. The summed E-state index contributed by atoms with van der Waals surface area (Å²) < 4.78 is 4.95. The molecule has 2 rings (SSSR count). The summed E-state index contributed by atoms with van der Waals surface area (Å²) >= 11 is 0. The van der Waals surface area contributed by atoms with Crippen molar-refractivity contribution in [1.29, 1.82) is 0 Å². The first-order chi connectivity index (χ1) is 4.84. The molecule has 1 aliphatic heterocycles. The van der Waals surface area contributed by atoms with Gasteiger partial charge in [0, 0.05) is 6.07 Å². The smallest absolute Gasteiger partial charge is 0.326 e. The van der Waals surface area contributed by atoms with Gasteiger partial charge in [0.25, 0.3) is 0 Å². The van der Waals surface area contributed by atoms with E-state index in [1.165, 1.54) is 12.1 Å². The predicted octanol–water partition coefficient (Wildman–Crippen LogP) is 0.464. The fourth-order valence-corrected chi connectivity index (χ4v) is 0.762. The van der Waals surface area contributed by atoms with E-state index in [0.29, 0.717) is 5.76 Å². The van der Waals surface area contributed by atoms with Gasteiger partial charge in [0.05, 0.1) is 6.07 Å². The Morgan fingerprint density at radius 2 is 2.30 bits per heavy atom. The largest absolute Gasteiger partial charge is 0.426 e. The standard InChI is InChI=1S/C6H4O4/c7-4-1-5-3-8-10-6(2-4)9-5/h1-2H,3H2. The van der Waals surface area contributed by atoms with Crippen molar-refractivity contribution in [2.24, 2.45) is 0 Å². The fraction of sp³-hybridized carbons (Fsp3) is 0.167. The Hall–Kier alpha value is -1.29. The molecule has 2 bridgehead atoms. The van der Waals surface area contributed by atoms with Gasteiger partial charge in [-0.3, -0.25) is 9.68 Å². The summed E-state index contributed by atoms with van der Waals surface area (Å²) in [6, 6.07) is 2.59. The summed E-state index contributed by atoms with van der Waals surface area (Å²) in [5, 5.41) is 0. The molecule has 0 amide bonds. The number of rotatable bonds is 0. The van der Waals surface area contributed by atoms with Crippen molar-refractivity contribution in [3.05, 3.63) is 28.1 Å². The molecule has 0 saturated carbocycles. The van der Waals surface area contributed by atoms with Gasteiger partial charge < -0.3 is 4.42 Å². The summed E-state index contributed by atoms with van der Waals surface area (Å²) in [6.07, 6.45) is 0. The van der Waals surface area contributed by atoms with Crippen LogP contribution in [-0.4, -0.2) is 0 Å². The SMILES string of the molecule is O=c1cc2oc(c1)OOC2. The third kappa shape index (κ3) is 0.784. The molecule has 52 valence electrons. The molecular formula is C6H4O4. The highest BCUT2D eigenvalue weighted by molar-refractivity contribution is 5.10. The van der Waals surface area contributed by atoms with Gasteiger partial charge in [0.2, 0.25) is 0 Å². The van der Waals surface area contributed by atoms with Gasteiger partial charge in [-0.2, -0.15) is 4.89 Å². The molecule has 1 aliphatic rings. The second-order valence-corrected chi connectivity index (χ2v) is 1.92. The normalized spacial score (nSPS) is 14.4.